The predicted octanol–water partition coefficient (Wildman–Crippen LogP) is 1.38. The molecule has 0 fully saturated rings. The fourth-order valence-electron chi connectivity index (χ4n) is 2.06. The molecule has 0 unspecified atom stereocenters. The summed E-state index contributed by atoms with van der Waals surface area (Å²) in [6, 6.07) is 5.34. The summed E-state index contributed by atoms with van der Waals surface area (Å²) in [5.41, 5.74) is 2.21. The number of carbonyl (C=O) groups is 1. The van der Waals surface area contributed by atoms with E-state index in [-0.39, 0.29) is 11.6 Å². The molecule has 7 heteroatoms. The summed E-state index contributed by atoms with van der Waals surface area (Å²) in [5, 5.41) is 8.99. The average molecular weight is 295 g/mol. The SMILES string of the molecule is Cc1cc(NC(=O)/C=C/c2ccncc2)c2n[nH]c(=O)n2c1. The summed E-state index contributed by atoms with van der Waals surface area (Å²) in [7, 11) is 0. The summed E-state index contributed by atoms with van der Waals surface area (Å²) in [6.45, 7) is 1.83. The van der Waals surface area contributed by atoms with Crippen LogP contribution in [0.1, 0.15) is 11.1 Å². The molecule has 7 nitrogen and oxygen atoms in total. The number of amides is 1. The lowest BCUT2D eigenvalue weighted by atomic mass is 10.2. The molecule has 0 spiro atoms. The first kappa shape index (κ1) is 13.7. The molecule has 3 aromatic heterocycles. The van der Waals surface area contributed by atoms with Gasteiger partial charge >= 0.3 is 5.69 Å². The molecular formula is C15H13N5O2. The lowest BCUT2D eigenvalue weighted by Gasteiger charge is -2.05. The van der Waals surface area contributed by atoms with E-state index in [2.05, 4.69) is 20.5 Å². The van der Waals surface area contributed by atoms with Crippen molar-refractivity contribution in [3.63, 3.8) is 0 Å². The summed E-state index contributed by atoms with van der Waals surface area (Å²) in [4.78, 5) is 27.5. The number of nitrogens with one attached hydrogen (secondary N) is 2. The molecule has 3 rings (SSSR count). The van der Waals surface area contributed by atoms with Gasteiger partial charge in [-0.3, -0.25) is 9.78 Å². The molecular weight excluding hydrogens is 282 g/mol. The highest BCUT2D eigenvalue weighted by atomic mass is 16.2. The van der Waals surface area contributed by atoms with Crippen LogP contribution in [-0.2, 0) is 4.79 Å². The molecule has 0 bridgehead atoms. The van der Waals surface area contributed by atoms with Gasteiger partial charge < -0.3 is 5.32 Å². The van der Waals surface area contributed by atoms with E-state index in [0.717, 1.165) is 11.1 Å². The summed E-state index contributed by atoms with van der Waals surface area (Å²) >= 11 is 0. The van der Waals surface area contributed by atoms with Gasteiger partial charge in [-0.05, 0) is 42.3 Å². The maximum Gasteiger partial charge on any atom is 0.347 e. The van der Waals surface area contributed by atoms with E-state index in [1.165, 1.54) is 10.5 Å². The standard InChI is InChI=1S/C15H13N5O2/c1-10-8-12(14-18-19-15(22)20(14)9-10)17-13(21)3-2-11-4-6-16-7-5-11/h2-9H,1H3,(H,17,21)(H,19,22)/b3-2+. The smallest absolute Gasteiger partial charge is 0.319 e. The molecule has 0 saturated carbocycles. The zero-order valence-electron chi connectivity index (χ0n) is 11.8. The van der Waals surface area contributed by atoms with Gasteiger partial charge in [-0.25, -0.2) is 14.3 Å². The van der Waals surface area contributed by atoms with Crippen molar-refractivity contribution in [2.24, 2.45) is 0 Å². The molecule has 0 aliphatic carbocycles. The van der Waals surface area contributed by atoms with Crippen molar-refractivity contribution in [2.45, 2.75) is 6.92 Å². The Labute approximate surface area is 125 Å². The number of fused-ring (bicyclic) bond motifs is 1. The van der Waals surface area contributed by atoms with Crippen molar-refractivity contribution >= 4 is 23.3 Å². The first-order chi connectivity index (χ1) is 10.6. The topological polar surface area (TPSA) is 92.2 Å². The van der Waals surface area contributed by atoms with Gasteiger partial charge in [0.1, 0.15) is 0 Å². The van der Waals surface area contributed by atoms with Gasteiger partial charge in [-0.2, -0.15) is 5.10 Å². The van der Waals surface area contributed by atoms with Gasteiger partial charge in [0.05, 0.1) is 5.69 Å². The predicted molar refractivity (Wildman–Crippen MR) is 82.5 cm³/mol. The molecule has 3 aromatic rings. The van der Waals surface area contributed by atoms with E-state index in [1.807, 2.05) is 6.92 Å². The molecule has 0 aromatic carbocycles. The van der Waals surface area contributed by atoms with Crippen LogP contribution < -0.4 is 11.0 Å². The zero-order chi connectivity index (χ0) is 15.5. The lowest BCUT2D eigenvalue weighted by molar-refractivity contribution is -0.111. The maximum atomic E-state index is 12.0. The molecule has 0 atom stereocenters. The van der Waals surface area contributed by atoms with Crippen molar-refractivity contribution in [2.75, 3.05) is 5.32 Å². The van der Waals surface area contributed by atoms with E-state index in [4.69, 9.17) is 0 Å². The summed E-state index contributed by atoms with van der Waals surface area (Å²) in [5.74, 6) is -0.306. The van der Waals surface area contributed by atoms with Crippen LogP contribution in [0.15, 0.2) is 47.7 Å². The van der Waals surface area contributed by atoms with Crippen LogP contribution in [0.2, 0.25) is 0 Å². The van der Waals surface area contributed by atoms with E-state index >= 15 is 0 Å². The zero-order valence-corrected chi connectivity index (χ0v) is 11.8. The Morgan fingerprint density at radius 2 is 2.14 bits per heavy atom. The Balaban J connectivity index is 1.85. The van der Waals surface area contributed by atoms with Crippen molar-refractivity contribution in [1.82, 2.24) is 19.6 Å². The molecule has 2 N–H and O–H groups in total. The Kier molecular flexibility index (Phi) is 3.53. The molecule has 0 saturated heterocycles. The maximum absolute atomic E-state index is 12.0. The van der Waals surface area contributed by atoms with Crippen LogP contribution in [0, 0.1) is 6.92 Å². The number of aryl methyl sites for hydroxylation is 1. The van der Waals surface area contributed by atoms with E-state index in [1.54, 1.807) is 42.9 Å². The minimum absolute atomic E-state index is 0.306. The van der Waals surface area contributed by atoms with E-state index in [0.29, 0.717) is 11.3 Å². The van der Waals surface area contributed by atoms with Crippen LogP contribution >= 0.6 is 0 Å². The van der Waals surface area contributed by atoms with Crippen molar-refractivity contribution < 1.29 is 4.79 Å². The second kappa shape index (κ2) is 5.65. The number of hydrogen-bond acceptors (Lipinski definition) is 4. The van der Waals surface area contributed by atoms with Gasteiger partial charge in [-0.15, -0.1) is 0 Å². The third-order valence-electron chi connectivity index (χ3n) is 3.04. The van der Waals surface area contributed by atoms with Crippen molar-refractivity contribution in [1.29, 1.82) is 0 Å². The van der Waals surface area contributed by atoms with Crippen LogP contribution in [0.25, 0.3) is 11.7 Å². The number of nitrogens with zero attached hydrogens (tertiary/aromatic N) is 3. The molecule has 22 heavy (non-hydrogen) atoms. The third kappa shape index (κ3) is 2.78. The van der Waals surface area contributed by atoms with Gasteiger partial charge in [0.2, 0.25) is 5.91 Å². The van der Waals surface area contributed by atoms with Gasteiger partial charge in [-0.1, -0.05) is 0 Å². The van der Waals surface area contributed by atoms with Crippen molar-refractivity contribution in [3.8, 4) is 0 Å². The normalized spacial score (nSPS) is 11.1. The van der Waals surface area contributed by atoms with Gasteiger partial charge in [0.25, 0.3) is 0 Å². The number of aromatic nitrogens is 4. The van der Waals surface area contributed by atoms with E-state index < -0.39 is 0 Å². The van der Waals surface area contributed by atoms with Crippen molar-refractivity contribution in [3.05, 3.63) is 64.5 Å². The summed E-state index contributed by atoms with van der Waals surface area (Å²) in [6.07, 6.45) is 8.05. The number of hydrogen-bond donors (Lipinski definition) is 2. The number of anilines is 1. The van der Waals surface area contributed by atoms with Crippen LogP contribution in [0.4, 0.5) is 5.69 Å². The van der Waals surface area contributed by atoms with Crippen LogP contribution in [0.5, 0.6) is 0 Å². The Hall–Kier alpha value is -3.22. The third-order valence-corrected chi connectivity index (χ3v) is 3.04. The molecule has 0 aliphatic rings. The second-order valence-electron chi connectivity index (χ2n) is 4.76. The number of H-pyrrole nitrogens is 1. The molecule has 110 valence electrons. The monoisotopic (exact) mass is 295 g/mol. The second-order valence-corrected chi connectivity index (χ2v) is 4.76. The molecule has 3 heterocycles. The largest absolute Gasteiger partial charge is 0.347 e. The highest BCUT2D eigenvalue weighted by Gasteiger charge is 2.09. The number of aromatic amines is 1. The van der Waals surface area contributed by atoms with E-state index in [9.17, 15) is 9.59 Å². The Morgan fingerprint density at radius 3 is 2.91 bits per heavy atom. The first-order valence-electron chi connectivity index (χ1n) is 6.60. The minimum Gasteiger partial charge on any atom is -0.319 e. The Bertz CT molecular complexity index is 909. The first-order valence-corrected chi connectivity index (χ1v) is 6.60. The fraction of sp³-hybridized carbons (Fsp3) is 0.0667. The highest BCUT2D eigenvalue weighted by molar-refractivity contribution is 6.03. The molecule has 1 amide bonds. The Morgan fingerprint density at radius 1 is 1.36 bits per heavy atom. The minimum atomic E-state index is -0.346. The number of carbonyl (C=O) groups excluding carboxylic acids is 1. The lowest BCUT2D eigenvalue weighted by Crippen LogP contribution is -2.12. The molecule has 0 aliphatic heterocycles. The number of pyridine rings is 2. The quantitative estimate of drug-likeness (QED) is 0.714. The fourth-order valence-corrected chi connectivity index (χ4v) is 2.06. The van der Waals surface area contributed by atoms with Gasteiger partial charge in [0.15, 0.2) is 5.65 Å². The van der Waals surface area contributed by atoms with Crippen LogP contribution in [-0.4, -0.2) is 25.5 Å². The molecule has 0 radical (unpaired) electrons. The highest BCUT2D eigenvalue weighted by Crippen LogP contribution is 2.15. The number of rotatable bonds is 3. The summed E-state index contributed by atoms with van der Waals surface area (Å²) < 4.78 is 1.36. The van der Waals surface area contributed by atoms with Crippen LogP contribution in [0.3, 0.4) is 0 Å². The average Bonchev–Trinajstić information content (AvgIpc) is 2.88. The van der Waals surface area contributed by atoms with Gasteiger partial charge in [0, 0.05) is 24.7 Å².